The molecule has 0 amide bonds. The van der Waals surface area contributed by atoms with E-state index < -0.39 is 28.5 Å². The predicted molar refractivity (Wildman–Crippen MR) is 114 cm³/mol. The van der Waals surface area contributed by atoms with Gasteiger partial charge in [0.15, 0.2) is 0 Å². The highest BCUT2D eigenvalue weighted by molar-refractivity contribution is 5.66. The summed E-state index contributed by atoms with van der Waals surface area (Å²) in [5.41, 5.74) is -0.522. The Morgan fingerprint density at radius 3 is 1.62 bits per heavy atom. The Hall–Kier alpha value is -1.70. The Labute approximate surface area is 189 Å². The summed E-state index contributed by atoms with van der Waals surface area (Å²) in [5.74, 6) is -1.67. The maximum absolute atomic E-state index is 12.0. The highest BCUT2D eigenvalue weighted by Gasteiger charge is 2.81. The third kappa shape index (κ3) is 2.37. The zero-order valence-electron chi connectivity index (χ0n) is 19.9. The van der Waals surface area contributed by atoms with Crippen molar-refractivity contribution in [3.8, 4) is 0 Å². The van der Waals surface area contributed by atoms with Crippen molar-refractivity contribution < 1.29 is 33.6 Å². The summed E-state index contributed by atoms with van der Waals surface area (Å²) >= 11 is 0. The van der Waals surface area contributed by atoms with Gasteiger partial charge in [-0.25, -0.2) is 0 Å². The summed E-state index contributed by atoms with van der Waals surface area (Å²) in [6, 6.07) is 0. The number of carbonyl (C=O) groups is 2. The second-order valence-corrected chi connectivity index (χ2v) is 10.9. The second-order valence-electron chi connectivity index (χ2n) is 10.9. The minimum atomic E-state index is -0.775. The van der Waals surface area contributed by atoms with Crippen LogP contribution in [0.3, 0.4) is 0 Å². The molecule has 4 bridgehead atoms. The van der Waals surface area contributed by atoms with Crippen molar-refractivity contribution in [2.45, 2.75) is 77.0 Å². The maximum Gasteiger partial charge on any atom is 0.302 e. The molecule has 1 N–H and O–H groups in total. The van der Waals surface area contributed by atoms with Crippen LogP contribution in [-0.4, -0.2) is 58.8 Å². The largest absolute Gasteiger partial charge is 0.465 e. The van der Waals surface area contributed by atoms with Crippen LogP contribution < -0.4 is 0 Å². The van der Waals surface area contributed by atoms with Gasteiger partial charge in [0.2, 0.25) is 0 Å². The lowest BCUT2D eigenvalue weighted by atomic mass is 9.47. The second kappa shape index (κ2) is 6.45. The van der Waals surface area contributed by atoms with Gasteiger partial charge in [0.1, 0.15) is 11.2 Å². The molecule has 2 unspecified atom stereocenters. The molecule has 5 rings (SSSR count). The van der Waals surface area contributed by atoms with Crippen molar-refractivity contribution in [1.29, 1.82) is 0 Å². The quantitative estimate of drug-likeness (QED) is 0.524. The van der Waals surface area contributed by atoms with Crippen LogP contribution >= 0.6 is 0 Å². The summed E-state index contributed by atoms with van der Waals surface area (Å²) in [4.78, 5) is 23.3. The molecule has 0 aromatic carbocycles. The molecule has 0 aromatic heterocycles. The first kappa shape index (κ1) is 22.1. The fraction of sp³-hybridized carbons (Fsp3) is 0.760. The number of hydrogen-bond acceptors (Lipinski definition) is 7. The lowest BCUT2D eigenvalue weighted by Crippen LogP contribution is -2.68. The first-order chi connectivity index (χ1) is 14.8. The third-order valence-electron chi connectivity index (χ3n) is 9.30. The lowest BCUT2D eigenvalue weighted by molar-refractivity contribution is -0.207. The monoisotopic (exact) mass is 446 g/mol. The van der Waals surface area contributed by atoms with Crippen molar-refractivity contribution in [2.75, 3.05) is 13.2 Å². The molecule has 7 nitrogen and oxygen atoms in total. The number of hydrogen-bond donors (Lipinski definition) is 1. The maximum atomic E-state index is 12.0. The number of aliphatic hydroxyl groups excluding tert-OH is 1. The van der Waals surface area contributed by atoms with Gasteiger partial charge in [-0.15, -0.1) is 0 Å². The molecule has 3 fully saturated rings. The molecule has 32 heavy (non-hydrogen) atoms. The van der Waals surface area contributed by atoms with Gasteiger partial charge < -0.3 is 24.1 Å². The van der Waals surface area contributed by atoms with E-state index in [9.17, 15) is 14.7 Å². The van der Waals surface area contributed by atoms with E-state index >= 15 is 0 Å². The van der Waals surface area contributed by atoms with E-state index in [2.05, 4.69) is 32.9 Å². The van der Waals surface area contributed by atoms with Gasteiger partial charge in [-0.2, -0.15) is 0 Å². The molecule has 5 aliphatic rings. The first-order valence-electron chi connectivity index (χ1n) is 11.6. The fourth-order valence-electron chi connectivity index (χ4n) is 8.29. The molecule has 2 spiro atoms. The highest BCUT2D eigenvalue weighted by Crippen LogP contribution is 2.73. The zero-order valence-corrected chi connectivity index (χ0v) is 19.9. The van der Waals surface area contributed by atoms with Crippen LogP contribution in [0.15, 0.2) is 23.3 Å². The number of fused-ring (bicyclic) bond motifs is 2. The molecule has 4 heterocycles. The molecule has 1 saturated carbocycles. The van der Waals surface area contributed by atoms with Gasteiger partial charge in [-0.05, 0) is 38.8 Å². The van der Waals surface area contributed by atoms with Gasteiger partial charge in [-0.3, -0.25) is 9.59 Å². The first-order valence-corrected chi connectivity index (χ1v) is 11.6. The molecule has 0 radical (unpaired) electrons. The van der Waals surface area contributed by atoms with Crippen molar-refractivity contribution in [3.05, 3.63) is 23.3 Å². The number of aliphatic hydroxyl groups is 1. The molecule has 4 aliphatic heterocycles. The molecule has 176 valence electrons. The van der Waals surface area contributed by atoms with Crippen molar-refractivity contribution in [2.24, 2.45) is 29.6 Å². The Morgan fingerprint density at radius 1 is 0.906 bits per heavy atom. The Kier molecular flexibility index (Phi) is 4.46. The molecule has 7 heteroatoms. The minimum absolute atomic E-state index is 0.0887. The predicted octanol–water partition coefficient (Wildman–Crippen LogP) is 2.56. The lowest BCUT2D eigenvalue weighted by Gasteiger charge is -2.58. The molecule has 2 saturated heterocycles. The summed E-state index contributed by atoms with van der Waals surface area (Å²) in [6.07, 6.45) is 3.50. The average molecular weight is 447 g/mol. The average Bonchev–Trinajstić information content (AvgIpc) is 3.29. The number of ether oxygens (including phenoxy) is 4. The molecule has 1 aliphatic carbocycles. The fourth-order valence-corrected chi connectivity index (χ4v) is 8.29. The number of rotatable bonds is 4. The molecule has 0 aromatic rings. The van der Waals surface area contributed by atoms with Crippen molar-refractivity contribution >= 4 is 11.9 Å². The summed E-state index contributed by atoms with van der Waals surface area (Å²) in [6.45, 7) is 13.5. The highest BCUT2D eigenvalue weighted by atomic mass is 16.6. The Balaban J connectivity index is 1.63. The van der Waals surface area contributed by atoms with E-state index in [1.54, 1.807) is 0 Å². The summed E-state index contributed by atoms with van der Waals surface area (Å²) < 4.78 is 24.6. The topological polar surface area (TPSA) is 91.3 Å². The van der Waals surface area contributed by atoms with Crippen LogP contribution in [0.5, 0.6) is 0 Å². The van der Waals surface area contributed by atoms with Crippen molar-refractivity contribution in [1.82, 2.24) is 0 Å². The van der Waals surface area contributed by atoms with Crippen LogP contribution in [0.2, 0.25) is 0 Å². The summed E-state index contributed by atoms with van der Waals surface area (Å²) in [5, 5.41) is 12.0. The van der Waals surface area contributed by atoms with Gasteiger partial charge in [-0.1, -0.05) is 19.1 Å². The number of carbonyl (C=O) groups excluding carboxylic acids is 2. The van der Waals surface area contributed by atoms with Crippen LogP contribution in [0, 0.1) is 29.6 Å². The van der Waals surface area contributed by atoms with Crippen LogP contribution in [0.1, 0.15) is 48.5 Å². The van der Waals surface area contributed by atoms with E-state index in [1.807, 2.05) is 13.8 Å². The third-order valence-corrected chi connectivity index (χ3v) is 9.30. The van der Waals surface area contributed by atoms with Crippen LogP contribution in [0.4, 0.5) is 0 Å². The van der Waals surface area contributed by atoms with E-state index in [1.165, 1.54) is 13.8 Å². The molecular weight excluding hydrogens is 412 g/mol. The molecular formula is C25H34O7. The van der Waals surface area contributed by atoms with Gasteiger partial charge in [0, 0.05) is 43.4 Å². The number of esters is 2. The summed E-state index contributed by atoms with van der Waals surface area (Å²) in [7, 11) is 0. The van der Waals surface area contributed by atoms with Gasteiger partial charge in [0.05, 0.1) is 30.5 Å². The van der Waals surface area contributed by atoms with Gasteiger partial charge >= 0.3 is 11.9 Å². The zero-order chi connectivity index (χ0) is 23.4. The van der Waals surface area contributed by atoms with E-state index in [4.69, 9.17) is 18.9 Å². The SMILES string of the molecule is CC(=O)OC[C@@H]1[C@H]2C(O)[C@H]3[C@H](COC(C)=O)[C@]4(C)C=C(C)[C@]3(O4)C(C)[C@@]23O[C@]1(C)C=C3C. The molecule has 10 atom stereocenters. The smallest absolute Gasteiger partial charge is 0.302 e. The van der Waals surface area contributed by atoms with E-state index in [0.29, 0.717) is 0 Å². The normalized spacial score (nSPS) is 52.2. The Morgan fingerprint density at radius 2 is 1.28 bits per heavy atom. The van der Waals surface area contributed by atoms with Crippen molar-refractivity contribution in [3.63, 3.8) is 0 Å². The standard InChI is InChI=1S/C25H34O7/c1-12-8-22(6)17(10-29-15(4)26)19-21(28)20-18(11-30-16(5)27)23(7)9-13(2)25(20,32-23)14(3)24(12,19)31-22/h8-9,14,17-21,28H,10-11H2,1-7H3/t14?,17-,18+,19+,20-,21?,22-,23+,24-,25+. The van der Waals surface area contributed by atoms with E-state index in [0.717, 1.165) is 11.1 Å². The van der Waals surface area contributed by atoms with Crippen LogP contribution in [-0.2, 0) is 28.5 Å². The minimum Gasteiger partial charge on any atom is -0.465 e. The van der Waals surface area contributed by atoms with E-state index in [-0.39, 0.29) is 54.7 Å². The Bertz CT molecular complexity index is 880. The van der Waals surface area contributed by atoms with Crippen LogP contribution in [0.25, 0.3) is 0 Å². The van der Waals surface area contributed by atoms with Gasteiger partial charge in [0.25, 0.3) is 0 Å².